The fourth-order valence-corrected chi connectivity index (χ4v) is 3.92. The Hall–Kier alpha value is -2.19. The lowest BCUT2D eigenvalue weighted by molar-refractivity contribution is -0.174. The van der Waals surface area contributed by atoms with Crippen molar-refractivity contribution in [2.24, 2.45) is 0 Å². The van der Waals surface area contributed by atoms with E-state index in [1.54, 1.807) is 42.0 Å². The Balaban J connectivity index is 1.66. The molecule has 3 heterocycles. The molecule has 1 spiro atoms. The fourth-order valence-electron chi connectivity index (χ4n) is 3.92. The van der Waals surface area contributed by atoms with Gasteiger partial charge < -0.3 is 24.3 Å². The van der Waals surface area contributed by atoms with Gasteiger partial charge in [-0.25, -0.2) is 4.79 Å². The number of carbonyl (C=O) groups excluding carboxylic acids is 2. The van der Waals surface area contributed by atoms with Crippen molar-refractivity contribution < 1.29 is 14.3 Å². The van der Waals surface area contributed by atoms with Crippen LogP contribution in [0.2, 0.25) is 0 Å². The van der Waals surface area contributed by atoms with Gasteiger partial charge in [-0.05, 0) is 25.6 Å². The Morgan fingerprint density at radius 1 is 1.30 bits per heavy atom. The zero-order chi connectivity index (χ0) is 19.6. The van der Waals surface area contributed by atoms with Crippen LogP contribution < -0.4 is 0 Å². The second-order valence-electron chi connectivity index (χ2n) is 7.85. The molecule has 3 amide bonds. The van der Waals surface area contributed by atoms with Gasteiger partial charge in [-0.2, -0.15) is 0 Å². The molecule has 0 N–H and O–H groups in total. The van der Waals surface area contributed by atoms with Crippen LogP contribution >= 0.6 is 0 Å². The van der Waals surface area contributed by atoms with E-state index in [4.69, 9.17) is 4.74 Å². The number of amides is 3. The van der Waals surface area contributed by atoms with Crippen molar-refractivity contribution in [1.29, 1.82) is 0 Å². The van der Waals surface area contributed by atoms with Crippen LogP contribution in [-0.4, -0.2) is 103 Å². The highest BCUT2D eigenvalue weighted by Crippen LogP contribution is 2.32. The molecular formula is C19H29N5O3. The standard InChI is InChI=1S/C19H29N5O3/c1-21(2)18(26)24-10-8-19(14-24)13-22(3)12-16(27-19)17(25)23(4)11-15-7-5-6-9-20-15/h5-7,9,16H,8,10-14H2,1-4H3/t16-,19+/m0/s1. The van der Waals surface area contributed by atoms with Gasteiger partial charge in [-0.15, -0.1) is 0 Å². The number of carbonyl (C=O) groups is 2. The summed E-state index contributed by atoms with van der Waals surface area (Å²) in [7, 11) is 7.28. The van der Waals surface area contributed by atoms with Gasteiger partial charge in [-0.3, -0.25) is 9.78 Å². The molecule has 148 valence electrons. The van der Waals surface area contributed by atoms with Gasteiger partial charge in [-0.1, -0.05) is 6.07 Å². The molecule has 2 fully saturated rings. The Labute approximate surface area is 160 Å². The van der Waals surface area contributed by atoms with E-state index in [2.05, 4.69) is 9.88 Å². The number of hydrogen-bond acceptors (Lipinski definition) is 5. The van der Waals surface area contributed by atoms with E-state index in [0.29, 0.717) is 26.2 Å². The third kappa shape index (κ3) is 4.39. The van der Waals surface area contributed by atoms with Gasteiger partial charge >= 0.3 is 6.03 Å². The molecule has 3 rings (SSSR count). The van der Waals surface area contributed by atoms with Crippen molar-refractivity contribution in [1.82, 2.24) is 24.6 Å². The molecule has 0 aliphatic carbocycles. The average molecular weight is 375 g/mol. The Morgan fingerprint density at radius 3 is 2.74 bits per heavy atom. The summed E-state index contributed by atoms with van der Waals surface area (Å²) >= 11 is 0. The summed E-state index contributed by atoms with van der Waals surface area (Å²) in [4.78, 5) is 36.7. The maximum absolute atomic E-state index is 13.0. The highest BCUT2D eigenvalue weighted by Gasteiger charge is 2.48. The van der Waals surface area contributed by atoms with Crippen molar-refractivity contribution >= 4 is 11.9 Å². The normalized spacial score (nSPS) is 25.6. The monoisotopic (exact) mass is 375 g/mol. The van der Waals surface area contributed by atoms with Crippen molar-refractivity contribution in [3.8, 4) is 0 Å². The fraction of sp³-hybridized carbons (Fsp3) is 0.632. The quantitative estimate of drug-likeness (QED) is 0.769. The molecule has 0 bridgehead atoms. The number of likely N-dealkylation sites (N-methyl/N-ethyl adjacent to an activating group) is 2. The summed E-state index contributed by atoms with van der Waals surface area (Å²) in [5.41, 5.74) is 0.362. The number of ether oxygens (including phenoxy) is 1. The third-order valence-corrected chi connectivity index (χ3v) is 5.17. The average Bonchev–Trinajstić information content (AvgIpc) is 3.03. The summed E-state index contributed by atoms with van der Waals surface area (Å²) in [5, 5.41) is 0. The maximum Gasteiger partial charge on any atom is 0.319 e. The number of urea groups is 1. The summed E-state index contributed by atoms with van der Waals surface area (Å²) < 4.78 is 6.32. The Morgan fingerprint density at radius 2 is 2.07 bits per heavy atom. The van der Waals surface area contributed by atoms with Crippen LogP contribution in [0.25, 0.3) is 0 Å². The zero-order valence-electron chi connectivity index (χ0n) is 16.6. The van der Waals surface area contributed by atoms with Gasteiger partial charge in [0.25, 0.3) is 5.91 Å². The molecule has 0 saturated carbocycles. The number of morpholine rings is 1. The second-order valence-corrected chi connectivity index (χ2v) is 7.85. The minimum atomic E-state index is -0.535. The van der Waals surface area contributed by atoms with E-state index in [1.807, 2.05) is 25.2 Å². The summed E-state index contributed by atoms with van der Waals surface area (Å²) in [6.45, 7) is 2.88. The highest BCUT2D eigenvalue weighted by molar-refractivity contribution is 5.81. The molecule has 0 unspecified atom stereocenters. The van der Waals surface area contributed by atoms with Crippen molar-refractivity contribution in [2.45, 2.75) is 24.7 Å². The summed E-state index contributed by atoms with van der Waals surface area (Å²) in [6.07, 6.45) is 1.93. The van der Waals surface area contributed by atoms with E-state index in [9.17, 15) is 9.59 Å². The van der Waals surface area contributed by atoms with Crippen LogP contribution in [0.3, 0.4) is 0 Å². The van der Waals surface area contributed by atoms with Gasteiger partial charge in [0.05, 0.1) is 18.8 Å². The van der Waals surface area contributed by atoms with E-state index < -0.39 is 11.7 Å². The van der Waals surface area contributed by atoms with Gasteiger partial charge in [0.2, 0.25) is 0 Å². The molecule has 2 aliphatic heterocycles. The molecule has 2 atom stereocenters. The highest BCUT2D eigenvalue weighted by atomic mass is 16.5. The molecule has 8 nitrogen and oxygen atoms in total. The molecule has 8 heteroatoms. The predicted molar refractivity (Wildman–Crippen MR) is 101 cm³/mol. The lowest BCUT2D eigenvalue weighted by Gasteiger charge is -2.43. The number of aromatic nitrogens is 1. The van der Waals surface area contributed by atoms with Gasteiger partial charge in [0.15, 0.2) is 0 Å². The lowest BCUT2D eigenvalue weighted by Crippen LogP contribution is -2.59. The number of nitrogens with zero attached hydrogens (tertiary/aromatic N) is 5. The van der Waals surface area contributed by atoms with E-state index in [0.717, 1.165) is 18.7 Å². The minimum absolute atomic E-state index is 0.0150. The van der Waals surface area contributed by atoms with E-state index in [1.165, 1.54) is 0 Å². The molecule has 0 aromatic carbocycles. The Bertz CT molecular complexity index is 683. The molecule has 2 saturated heterocycles. The first-order chi connectivity index (χ1) is 12.8. The Kier molecular flexibility index (Phi) is 5.67. The smallest absolute Gasteiger partial charge is 0.319 e. The van der Waals surface area contributed by atoms with E-state index in [-0.39, 0.29) is 11.9 Å². The number of likely N-dealkylation sites (tertiary alicyclic amines) is 1. The first-order valence-electron chi connectivity index (χ1n) is 9.27. The largest absolute Gasteiger partial charge is 0.357 e. The van der Waals surface area contributed by atoms with Crippen LogP contribution in [0.4, 0.5) is 4.79 Å². The maximum atomic E-state index is 13.0. The van der Waals surface area contributed by atoms with Crippen LogP contribution in [0, 0.1) is 0 Å². The van der Waals surface area contributed by atoms with Crippen LogP contribution in [0.1, 0.15) is 12.1 Å². The lowest BCUT2D eigenvalue weighted by atomic mass is 9.99. The number of rotatable bonds is 3. The van der Waals surface area contributed by atoms with Crippen LogP contribution in [0.5, 0.6) is 0 Å². The topological polar surface area (TPSA) is 69.2 Å². The number of hydrogen-bond donors (Lipinski definition) is 0. The number of pyridine rings is 1. The first kappa shape index (κ1) is 19.6. The van der Waals surface area contributed by atoms with Crippen molar-refractivity contribution in [3.05, 3.63) is 30.1 Å². The molecule has 2 aliphatic rings. The predicted octanol–water partition coefficient (Wildman–Crippen LogP) is 0.497. The molecule has 1 aromatic rings. The van der Waals surface area contributed by atoms with Crippen LogP contribution in [0.15, 0.2) is 24.4 Å². The van der Waals surface area contributed by atoms with E-state index >= 15 is 0 Å². The van der Waals surface area contributed by atoms with Crippen molar-refractivity contribution in [3.63, 3.8) is 0 Å². The molecule has 27 heavy (non-hydrogen) atoms. The summed E-state index contributed by atoms with van der Waals surface area (Å²) in [5.74, 6) is -0.0519. The van der Waals surface area contributed by atoms with Gasteiger partial charge in [0.1, 0.15) is 11.7 Å². The second kappa shape index (κ2) is 7.82. The molecular weight excluding hydrogens is 346 g/mol. The van der Waals surface area contributed by atoms with Crippen LogP contribution in [-0.2, 0) is 16.1 Å². The summed E-state index contributed by atoms with van der Waals surface area (Å²) in [6, 6.07) is 5.66. The van der Waals surface area contributed by atoms with Gasteiger partial charge in [0, 0.05) is 47.0 Å². The minimum Gasteiger partial charge on any atom is -0.357 e. The first-order valence-corrected chi connectivity index (χ1v) is 9.27. The van der Waals surface area contributed by atoms with Crippen molar-refractivity contribution in [2.75, 3.05) is 54.4 Å². The third-order valence-electron chi connectivity index (χ3n) is 5.17. The zero-order valence-corrected chi connectivity index (χ0v) is 16.6. The molecule has 0 radical (unpaired) electrons. The molecule has 1 aromatic heterocycles. The SMILES string of the molecule is CN1C[C@@H](C(=O)N(C)Cc2ccccn2)O[C@]2(CCN(C(=O)N(C)C)C2)C1.